The van der Waals surface area contributed by atoms with Gasteiger partial charge in [-0.05, 0) is 24.3 Å². The highest BCUT2D eigenvalue weighted by Gasteiger charge is 2.09. The third-order valence-electron chi connectivity index (χ3n) is 2.54. The number of anilines is 2. The lowest BCUT2D eigenvalue weighted by Crippen LogP contribution is -2.14. The van der Waals surface area contributed by atoms with Gasteiger partial charge in [-0.25, -0.2) is 4.79 Å². The zero-order valence-electron chi connectivity index (χ0n) is 12.0. The summed E-state index contributed by atoms with van der Waals surface area (Å²) >= 11 is 2.70. The summed E-state index contributed by atoms with van der Waals surface area (Å²) < 4.78 is 5.33. The molecule has 2 aromatic rings. The molecule has 1 amide bonds. The number of esters is 1. The average Bonchev–Trinajstić information content (AvgIpc) is 3.01. The van der Waals surface area contributed by atoms with Crippen LogP contribution in [0.4, 0.5) is 10.8 Å². The molecule has 9 heteroatoms. The van der Waals surface area contributed by atoms with Gasteiger partial charge in [-0.3, -0.25) is 4.79 Å². The van der Waals surface area contributed by atoms with E-state index in [0.717, 1.165) is 4.34 Å². The van der Waals surface area contributed by atoms with E-state index in [0.29, 0.717) is 16.4 Å². The minimum Gasteiger partial charge on any atom is -0.465 e. The molecule has 0 aliphatic rings. The van der Waals surface area contributed by atoms with E-state index in [1.165, 1.54) is 30.2 Å². The van der Waals surface area contributed by atoms with Crippen molar-refractivity contribution in [2.45, 2.75) is 4.34 Å². The van der Waals surface area contributed by atoms with E-state index in [1.807, 2.05) is 0 Å². The number of amides is 1. The molecule has 0 bridgehead atoms. The molecule has 1 aromatic carbocycles. The third kappa shape index (κ3) is 4.43. The van der Waals surface area contributed by atoms with Crippen LogP contribution in [0.5, 0.6) is 0 Å². The topological polar surface area (TPSA) is 93.2 Å². The molecule has 0 radical (unpaired) electrons. The SMILES string of the molecule is CNc1nnc(SCC(=O)Nc2ccc(C(=O)OC)cc2)s1. The molecule has 0 spiro atoms. The minimum absolute atomic E-state index is 0.156. The van der Waals surface area contributed by atoms with Gasteiger partial charge < -0.3 is 15.4 Å². The lowest BCUT2D eigenvalue weighted by molar-refractivity contribution is -0.113. The molecular weight excluding hydrogens is 324 g/mol. The van der Waals surface area contributed by atoms with E-state index in [4.69, 9.17) is 0 Å². The first-order valence-corrected chi connectivity index (χ1v) is 8.05. The number of hydrogen-bond donors (Lipinski definition) is 2. The zero-order chi connectivity index (χ0) is 15.9. The molecular formula is C13H14N4O3S2. The summed E-state index contributed by atoms with van der Waals surface area (Å²) in [5.74, 6) is -0.334. The van der Waals surface area contributed by atoms with Crippen LogP contribution >= 0.6 is 23.1 Å². The second kappa shape index (κ2) is 7.76. The van der Waals surface area contributed by atoms with Crippen LogP contribution in [-0.2, 0) is 9.53 Å². The summed E-state index contributed by atoms with van der Waals surface area (Å²) in [6.45, 7) is 0. The van der Waals surface area contributed by atoms with Crippen LogP contribution in [0.15, 0.2) is 28.6 Å². The number of ether oxygens (including phenoxy) is 1. The Hall–Kier alpha value is -2.13. The van der Waals surface area contributed by atoms with Crippen molar-refractivity contribution in [2.24, 2.45) is 0 Å². The fourth-order valence-electron chi connectivity index (χ4n) is 1.50. The fraction of sp³-hybridized carbons (Fsp3) is 0.231. The smallest absolute Gasteiger partial charge is 0.337 e. The summed E-state index contributed by atoms with van der Waals surface area (Å²) in [5.41, 5.74) is 1.05. The highest BCUT2D eigenvalue weighted by atomic mass is 32.2. The van der Waals surface area contributed by atoms with Crippen LogP contribution in [0.2, 0.25) is 0 Å². The fourth-order valence-corrected chi connectivity index (χ4v) is 3.01. The number of hydrogen-bond acceptors (Lipinski definition) is 8. The number of thioether (sulfide) groups is 1. The molecule has 0 fully saturated rings. The van der Waals surface area contributed by atoms with Crippen LogP contribution in [0.25, 0.3) is 0 Å². The minimum atomic E-state index is -0.412. The van der Waals surface area contributed by atoms with E-state index in [2.05, 4.69) is 25.6 Å². The maximum absolute atomic E-state index is 11.9. The molecule has 1 aromatic heterocycles. The van der Waals surface area contributed by atoms with Crippen molar-refractivity contribution in [1.82, 2.24) is 10.2 Å². The zero-order valence-corrected chi connectivity index (χ0v) is 13.6. The summed E-state index contributed by atoms with van der Waals surface area (Å²) in [7, 11) is 3.09. The Balaban J connectivity index is 1.85. The van der Waals surface area contributed by atoms with Crippen molar-refractivity contribution >= 4 is 45.8 Å². The maximum atomic E-state index is 11.9. The van der Waals surface area contributed by atoms with Crippen LogP contribution in [0.3, 0.4) is 0 Å². The monoisotopic (exact) mass is 338 g/mol. The van der Waals surface area contributed by atoms with Crippen LogP contribution < -0.4 is 10.6 Å². The van der Waals surface area contributed by atoms with Crippen LogP contribution in [0.1, 0.15) is 10.4 Å². The number of rotatable bonds is 6. The molecule has 2 rings (SSSR count). The van der Waals surface area contributed by atoms with Gasteiger partial charge in [0.2, 0.25) is 11.0 Å². The Morgan fingerprint density at radius 2 is 2.00 bits per heavy atom. The predicted molar refractivity (Wildman–Crippen MR) is 86.6 cm³/mol. The van der Waals surface area contributed by atoms with Gasteiger partial charge in [0.25, 0.3) is 0 Å². The Morgan fingerprint density at radius 3 is 2.59 bits per heavy atom. The Labute approximate surface area is 135 Å². The Kier molecular flexibility index (Phi) is 5.73. The quantitative estimate of drug-likeness (QED) is 0.615. The van der Waals surface area contributed by atoms with E-state index < -0.39 is 5.97 Å². The first-order valence-electron chi connectivity index (χ1n) is 6.24. The maximum Gasteiger partial charge on any atom is 0.337 e. The number of methoxy groups -OCH3 is 1. The molecule has 0 aliphatic heterocycles. The lowest BCUT2D eigenvalue weighted by atomic mass is 10.2. The highest BCUT2D eigenvalue weighted by Crippen LogP contribution is 2.25. The molecule has 7 nitrogen and oxygen atoms in total. The summed E-state index contributed by atoms with van der Waals surface area (Å²) in [4.78, 5) is 23.2. The molecule has 116 valence electrons. The summed E-state index contributed by atoms with van der Waals surface area (Å²) in [6, 6.07) is 6.49. The van der Waals surface area contributed by atoms with Crippen molar-refractivity contribution in [2.75, 3.05) is 30.5 Å². The number of nitrogens with one attached hydrogen (secondary N) is 2. The number of benzene rings is 1. The largest absolute Gasteiger partial charge is 0.465 e. The molecule has 22 heavy (non-hydrogen) atoms. The predicted octanol–water partition coefficient (Wildman–Crippen LogP) is 2.10. The molecule has 0 atom stereocenters. The van der Waals surface area contributed by atoms with Crippen molar-refractivity contribution in [1.29, 1.82) is 0 Å². The molecule has 1 heterocycles. The van der Waals surface area contributed by atoms with Crippen molar-refractivity contribution < 1.29 is 14.3 Å². The van der Waals surface area contributed by atoms with Crippen LogP contribution in [-0.4, -0.2) is 42.0 Å². The Morgan fingerprint density at radius 1 is 1.27 bits per heavy atom. The van der Waals surface area contributed by atoms with Crippen molar-refractivity contribution in [3.05, 3.63) is 29.8 Å². The lowest BCUT2D eigenvalue weighted by Gasteiger charge is -2.05. The third-order valence-corrected chi connectivity index (χ3v) is 4.61. The number of carbonyl (C=O) groups excluding carboxylic acids is 2. The second-order valence-electron chi connectivity index (χ2n) is 4.03. The van der Waals surface area contributed by atoms with E-state index in [-0.39, 0.29) is 11.7 Å². The molecule has 0 unspecified atom stereocenters. The standard InChI is InChI=1S/C13H14N4O3S2/c1-14-12-16-17-13(22-12)21-7-10(18)15-9-5-3-8(4-6-9)11(19)20-2/h3-6H,7H2,1-2H3,(H,14,16)(H,15,18). The van der Waals surface area contributed by atoms with Gasteiger partial charge in [-0.1, -0.05) is 23.1 Å². The van der Waals surface area contributed by atoms with Gasteiger partial charge in [0.15, 0.2) is 4.34 Å². The molecule has 0 saturated carbocycles. The van der Waals surface area contributed by atoms with Crippen molar-refractivity contribution in [3.63, 3.8) is 0 Å². The number of nitrogens with zero attached hydrogens (tertiary/aromatic N) is 2. The van der Waals surface area contributed by atoms with Gasteiger partial charge in [-0.2, -0.15) is 0 Å². The second-order valence-corrected chi connectivity index (χ2v) is 6.23. The van der Waals surface area contributed by atoms with Gasteiger partial charge in [0, 0.05) is 12.7 Å². The molecule has 0 aliphatic carbocycles. The summed E-state index contributed by atoms with van der Waals surface area (Å²) in [5, 5.41) is 14.2. The number of aromatic nitrogens is 2. The summed E-state index contributed by atoms with van der Waals surface area (Å²) in [6.07, 6.45) is 0. The van der Waals surface area contributed by atoms with Gasteiger partial charge >= 0.3 is 5.97 Å². The first kappa shape index (κ1) is 16.2. The van der Waals surface area contributed by atoms with Gasteiger partial charge in [0.1, 0.15) is 0 Å². The van der Waals surface area contributed by atoms with Crippen LogP contribution in [0, 0.1) is 0 Å². The first-order chi connectivity index (χ1) is 10.6. The number of carbonyl (C=O) groups is 2. The van der Waals surface area contributed by atoms with Gasteiger partial charge in [-0.15, -0.1) is 10.2 Å². The highest BCUT2D eigenvalue weighted by molar-refractivity contribution is 8.01. The van der Waals surface area contributed by atoms with Gasteiger partial charge in [0.05, 0.1) is 18.4 Å². The van der Waals surface area contributed by atoms with E-state index >= 15 is 0 Å². The average molecular weight is 338 g/mol. The van der Waals surface area contributed by atoms with E-state index in [9.17, 15) is 9.59 Å². The van der Waals surface area contributed by atoms with Crippen molar-refractivity contribution in [3.8, 4) is 0 Å². The normalized spacial score (nSPS) is 10.1. The molecule has 2 N–H and O–H groups in total. The van der Waals surface area contributed by atoms with E-state index in [1.54, 1.807) is 31.3 Å². The molecule has 0 saturated heterocycles. The Bertz CT molecular complexity index is 658.